The first-order chi connectivity index (χ1) is 30.0. The highest BCUT2D eigenvalue weighted by Gasteiger charge is 2.36. The fraction of sp³-hybridized carbons (Fsp3) is 0.0508. The monoisotopic (exact) mass is 779 g/mol. The number of hydrogen-bond acceptors (Lipinski definition) is 2. The first-order valence-corrected chi connectivity index (χ1v) is 21.2. The number of anilines is 3. The number of rotatable bonds is 6. The lowest BCUT2D eigenvalue weighted by Gasteiger charge is -2.30. The van der Waals surface area contributed by atoms with Crippen molar-refractivity contribution in [3.05, 3.63) is 223 Å². The largest absolute Gasteiger partial charge is 0.456 e. The van der Waals surface area contributed by atoms with Crippen LogP contribution in [0.5, 0.6) is 0 Å². The van der Waals surface area contributed by atoms with Crippen molar-refractivity contribution in [2.45, 2.75) is 19.3 Å². The molecule has 1 aliphatic carbocycles. The Hall–Kier alpha value is -7.68. The van der Waals surface area contributed by atoms with Crippen molar-refractivity contribution >= 4 is 60.5 Å². The summed E-state index contributed by atoms with van der Waals surface area (Å²) in [5, 5.41) is 7.21. The van der Waals surface area contributed by atoms with Gasteiger partial charge in [-0.3, -0.25) is 0 Å². The molecule has 0 spiro atoms. The van der Waals surface area contributed by atoms with Crippen LogP contribution < -0.4 is 4.90 Å². The van der Waals surface area contributed by atoms with Crippen LogP contribution in [0.4, 0.5) is 17.1 Å². The maximum atomic E-state index is 6.61. The smallest absolute Gasteiger partial charge is 0.136 e. The molecule has 0 unspecified atom stereocenters. The highest BCUT2D eigenvalue weighted by Crippen LogP contribution is 2.53. The summed E-state index contributed by atoms with van der Waals surface area (Å²) in [6.07, 6.45) is 0. The van der Waals surface area contributed by atoms with Gasteiger partial charge in [-0.05, 0) is 120 Å². The Morgan fingerprint density at radius 1 is 0.377 bits per heavy atom. The van der Waals surface area contributed by atoms with E-state index < -0.39 is 0 Å². The highest BCUT2D eigenvalue weighted by atomic mass is 16.3. The van der Waals surface area contributed by atoms with Gasteiger partial charge in [-0.25, -0.2) is 0 Å². The van der Waals surface area contributed by atoms with Gasteiger partial charge in [0.1, 0.15) is 11.2 Å². The van der Waals surface area contributed by atoms with Gasteiger partial charge in [0.15, 0.2) is 0 Å². The maximum absolute atomic E-state index is 6.61. The summed E-state index contributed by atoms with van der Waals surface area (Å²) in [6.45, 7) is 4.72. The number of para-hydroxylation sites is 1. The van der Waals surface area contributed by atoms with Crippen LogP contribution in [0.3, 0.4) is 0 Å². The summed E-state index contributed by atoms with van der Waals surface area (Å²) >= 11 is 0. The van der Waals surface area contributed by atoms with E-state index in [4.69, 9.17) is 4.42 Å². The van der Waals surface area contributed by atoms with Gasteiger partial charge in [0.2, 0.25) is 0 Å². The fourth-order valence-electron chi connectivity index (χ4n) is 10.1. The predicted molar refractivity (Wildman–Crippen MR) is 257 cm³/mol. The Kier molecular flexibility index (Phi) is 7.92. The van der Waals surface area contributed by atoms with E-state index in [-0.39, 0.29) is 5.41 Å². The SMILES string of the molecule is CC1(C)c2ccccc2-c2ccc(N(c3cccc(-c4cc5ccccc5c5ccccc45)c3)c3ccc4oc5ccccc5c4c3-c3ccc(-c4ccccc4)cc3)cc21. The van der Waals surface area contributed by atoms with Crippen LogP contribution in [0, 0.1) is 0 Å². The molecule has 0 bridgehead atoms. The summed E-state index contributed by atoms with van der Waals surface area (Å²) in [6, 6.07) is 77.5. The third-order valence-corrected chi connectivity index (χ3v) is 13.1. The van der Waals surface area contributed by atoms with E-state index in [9.17, 15) is 0 Å². The van der Waals surface area contributed by atoms with Crippen molar-refractivity contribution in [3.63, 3.8) is 0 Å². The second-order valence-electron chi connectivity index (χ2n) is 16.9. The fourth-order valence-corrected chi connectivity index (χ4v) is 10.1. The van der Waals surface area contributed by atoms with Crippen molar-refractivity contribution in [2.75, 3.05) is 4.90 Å². The maximum Gasteiger partial charge on any atom is 0.136 e. The van der Waals surface area contributed by atoms with Gasteiger partial charge in [0.25, 0.3) is 0 Å². The Bertz CT molecular complexity index is 3500. The molecule has 10 aromatic carbocycles. The molecule has 12 rings (SSSR count). The van der Waals surface area contributed by atoms with E-state index >= 15 is 0 Å². The molecule has 61 heavy (non-hydrogen) atoms. The third kappa shape index (κ3) is 5.56. The first-order valence-electron chi connectivity index (χ1n) is 21.2. The quantitative estimate of drug-likeness (QED) is 0.156. The summed E-state index contributed by atoms with van der Waals surface area (Å²) in [5.41, 5.74) is 17.2. The average molecular weight is 780 g/mol. The van der Waals surface area contributed by atoms with Gasteiger partial charge in [-0.1, -0.05) is 178 Å². The van der Waals surface area contributed by atoms with E-state index in [1.807, 2.05) is 0 Å². The van der Waals surface area contributed by atoms with Crippen LogP contribution >= 0.6 is 0 Å². The molecule has 2 heteroatoms. The lowest BCUT2D eigenvalue weighted by Crippen LogP contribution is -2.17. The van der Waals surface area contributed by atoms with Crippen molar-refractivity contribution in [1.82, 2.24) is 0 Å². The van der Waals surface area contributed by atoms with E-state index in [2.05, 4.69) is 231 Å². The Morgan fingerprint density at radius 3 is 1.87 bits per heavy atom. The predicted octanol–water partition coefficient (Wildman–Crippen LogP) is 16.7. The van der Waals surface area contributed by atoms with Crippen molar-refractivity contribution in [2.24, 2.45) is 0 Å². The minimum atomic E-state index is -0.166. The Balaban J connectivity index is 1.13. The summed E-state index contributed by atoms with van der Waals surface area (Å²) in [7, 11) is 0. The van der Waals surface area contributed by atoms with Gasteiger partial charge in [0.05, 0.1) is 5.69 Å². The normalized spacial score (nSPS) is 12.9. The molecule has 0 fully saturated rings. The molecular weight excluding hydrogens is 739 g/mol. The molecule has 1 aliphatic rings. The van der Waals surface area contributed by atoms with E-state index in [0.29, 0.717) is 0 Å². The van der Waals surface area contributed by atoms with Crippen LogP contribution in [-0.4, -0.2) is 0 Å². The minimum absolute atomic E-state index is 0.166. The molecular formula is C59H41NO. The molecule has 0 radical (unpaired) electrons. The van der Waals surface area contributed by atoms with Gasteiger partial charge in [-0.15, -0.1) is 0 Å². The average Bonchev–Trinajstić information content (AvgIpc) is 3.81. The highest BCUT2D eigenvalue weighted by molar-refractivity contribution is 6.17. The number of benzene rings is 10. The number of furan rings is 1. The molecule has 1 heterocycles. The second-order valence-corrected chi connectivity index (χ2v) is 16.9. The molecule has 11 aromatic rings. The zero-order chi connectivity index (χ0) is 40.7. The van der Waals surface area contributed by atoms with Crippen LogP contribution in [0.15, 0.2) is 217 Å². The number of hydrogen-bond donors (Lipinski definition) is 0. The molecule has 0 N–H and O–H groups in total. The van der Waals surface area contributed by atoms with Crippen molar-refractivity contribution < 1.29 is 4.42 Å². The van der Waals surface area contributed by atoms with E-state index in [1.165, 1.54) is 66.1 Å². The summed E-state index contributed by atoms with van der Waals surface area (Å²) < 4.78 is 6.61. The van der Waals surface area contributed by atoms with Crippen molar-refractivity contribution in [3.8, 4) is 44.5 Å². The second kappa shape index (κ2) is 13.7. The van der Waals surface area contributed by atoms with Crippen molar-refractivity contribution in [1.29, 1.82) is 0 Å². The van der Waals surface area contributed by atoms with Crippen LogP contribution in [-0.2, 0) is 5.41 Å². The van der Waals surface area contributed by atoms with Gasteiger partial charge >= 0.3 is 0 Å². The molecule has 0 saturated carbocycles. The minimum Gasteiger partial charge on any atom is -0.456 e. The standard InChI is InChI=1S/C59H41NO/c1-59(2)52-25-12-10-23-48(52)49-32-31-44(37-53(49)59)60(43-19-14-18-41(35-43)51-36-42-17-6-7-20-45(42)46-21-8-9-22-47(46)51)54-33-34-56-58(50-24-11-13-26-55(50)61-56)57(54)40-29-27-39(28-30-40)38-15-4-3-5-16-38/h3-37H,1-2H3. The van der Waals surface area contributed by atoms with Gasteiger partial charge < -0.3 is 9.32 Å². The summed E-state index contributed by atoms with van der Waals surface area (Å²) in [4.78, 5) is 2.48. The van der Waals surface area contributed by atoms with Crippen LogP contribution in [0.1, 0.15) is 25.0 Å². The molecule has 0 saturated heterocycles. The first kappa shape index (κ1) is 35.3. The molecule has 0 aliphatic heterocycles. The number of fused-ring (bicyclic) bond motifs is 9. The summed E-state index contributed by atoms with van der Waals surface area (Å²) in [5.74, 6) is 0. The van der Waals surface area contributed by atoms with Gasteiger partial charge in [0, 0.05) is 33.1 Å². The van der Waals surface area contributed by atoms with Crippen LogP contribution in [0.25, 0.3) is 88.0 Å². The molecule has 2 nitrogen and oxygen atoms in total. The molecule has 288 valence electrons. The zero-order valence-electron chi connectivity index (χ0n) is 34.1. The van der Waals surface area contributed by atoms with E-state index in [1.54, 1.807) is 0 Å². The van der Waals surface area contributed by atoms with E-state index in [0.717, 1.165) is 50.1 Å². The lowest BCUT2D eigenvalue weighted by molar-refractivity contribution is 0.660. The third-order valence-electron chi connectivity index (χ3n) is 13.1. The topological polar surface area (TPSA) is 16.4 Å². The Labute approximate surface area is 355 Å². The lowest BCUT2D eigenvalue weighted by atomic mass is 9.82. The molecule has 0 atom stereocenters. The number of nitrogens with zero attached hydrogens (tertiary/aromatic N) is 1. The van der Waals surface area contributed by atoms with Crippen LogP contribution in [0.2, 0.25) is 0 Å². The molecule has 0 amide bonds. The molecule has 1 aromatic heterocycles. The Morgan fingerprint density at radius 2 is 1.02 bits per heavy atom. The van der Waals surface area contributed by atoms with Gasteiger partial charge in [-0.2, -0.15) is 0 Å². The zero-order valence-corrected chi connectivity index (χ0v) is 34.1.